The standard InChI is InChI=1S/C18H21ClN4O3/c1-12(2)25-16-6-5-13(8-20-16)17(24)23-7-3-4-15(11-23)26-18-21-9-14(19)10-22-18/h5-6,8-10,12,15H,3-4,7,11H2,1-2H3. The summed E-state index contributed by atoms with van der Waals surface area (Å²) >= 11 is 5.78. The van der Waals surface area contributed by atoms with E-state index >= 15 is 0 Å². The Balaban J connectivity index is 1.61. The third-order valence-corrected chi connectivity index (χ3v) is 4.07. The van der Waals surface area contributed by atoms with Crippen molar-refractivity contribution in [1.82, 2.24) is 19.9 Å². The SMILES string of the molecule is CC(C)Oc1ccc(C(=O)N2CCCC(Oc3ncc(Cl)cn3)C2)cn1. The minimum absolute atomic E-state index is 0.0409. The Morgan fingerprint density at radius 3 is 2.65 bits per heavy atom. The molecule has 1 aliphatic rings. The van der Waals surface area contributed by atoms with Crippen molar-refractivity contribution in [3.8, 4) is 11.9 Å². The first-order chi connectivity index (χ1) is 12.5. The Labute approximate surface area is 157 Å². The summed E-state index contributed by atoms with van der Waals surface area (Å²) in [5.74, 6) is 0.440. The number of rotatable bonds is 5. The minimum Gasteiger partial charge on any atom is -0.475 e. The zero-order valence-corrected chi connectivity index (χ0v) is 15.5. The molecular formula is C18H21ClN4O3. The molecule has 1 unspecified atom stereocenters. The lowest BCUT2D eigenvalue weighted by atomic mass is 10.1. The van der Waals surface area contributed by atoms with Gasteiger partial charge in [0.2, 0.25) is 5.88 Å². The number of pyridine rings is 1. The van der Waals surface area contributed by atoms with E-state index in [4.69, 9.17) is 21.1 Å². The van der Waals surface area contributed by atoms with Crippen LogP contribution in [0.15, 0.2) is 30.7 Å². The molecule has 1 saturated heterocycles. The van der Waals surface area contributed by atoms with Gasteiger partial charge in [0.25, 0.3) is 5.91 Å². The van der Waals surface area contributed by atoms with Crippen LogP contribution in [-0.4, -0.2) is 51.1 Å². The van der Waals surface area contributed by atoms with Gasteiger partial charge in [0.15, 0.2) is 0 Å². The minimum atomic E-state index is -0.148. The van der Waals surface area contributed by atoms with Crippen LogP contribution in [0.25, 0.3) is 0 Å². The number of carbonyl (C=O) groups is 1. The van der Waals surface area contributed by atoms with Crippen LogP contribution in [-0.2, 0) is 0 Å². The normalized spacial score (nSPS) is 17.2. The van der Waals surface area contributed by atoms with Crippen LogP contribution in [0.4, 0.5) is 0 Å². The van der Waals surface area contributed by atoms with Gasteiger partial charge < -0.3 is 14.4 Å². The number of amides is 1. The monoisotopic (exact) mass is 376 g/mol. The maximum Gasteiger partial charge on any atom is 0.316 e. The van der Waals surface area contributed by atoms with Gasteiger partial charge in [0.05, 0.1) is 35.6 Å². The highest BCUT2D eigenvalue weighted by Gasteiger charge is 2.26. The van der Waals surface area contributed by atoms with Gasteiger partial charge in [-0.3, -0.25) is 4.79 Å². The molecular weight excluding hydrogens is 356 g/mol. The zero-order valence-electron chi connectivity index (χ0n) is 14.8. The lowest BCUT2D eigenvalue weighted by Crippen LogP contribution is -2.44. The molecule has 1 amide bonds. The van der Waals surface area contributed by atoms with Crippen LogP contribution >= 0.6 is 11.6 Å². The third kappa shape index (κ3) is 4.82. The molecule has 8 heteroatoms. The molecule has 3 heterocycles. The van der Waals surface area contributed by atoms with Gasteiger partial charge in [0, 0.05) is 18.8 Å². The second-order valence-electron chi connectivity index (χ2n) is 6.37. The molecule has 0 radical (unpaired) electrons. The Hall–Kier alpha value is -2.41. The third-order valence-electron chi connectivity index (χ3n) is 3.87. The smallest absolute Gasteiger partial charge is 0.316 e. The number of carbonyl (C=O) groups excluding carboxylic acids is 1. The van der Waals surface area contributed by atoms with Gasteiger partial charge in [-0.2, -0.15) is 0 Å². The maximum atomic E-state index is 12.7. The first-order valence-corrected chi connectivity index (χ1v) is 8.95. The van der Waals surface area contributed by atoms with Crippen LogP contribution in [0, 0.1) is 0 Å². The Bertz CT molecular complexity index is 737. The zero-order chi connectivity index (χ0) is 18.5. The average molecular weight is 377 g/mol. The van der Waals surface area contributed by atoms with E-state index in [1.54, 1.807) is 23.2 Å². The molecule has 1 fully saturated rings. The highest BCUT2D eigenvalue weighted by Crippen LogP contribution is 2.19. The number of likely N-dealkylation sites (tertiary alicyclic amines) is 1. The average Bonchev–Trinajstić information content (AvgIpc) is 2.63. The molecule has 1 aliphatic heterocycles. The maximum absolute atomic E-state index is 12.7. The first kappa shape index (κ1) is 18.4. The number of halogens is 1. The fourth-order valence-corrected chi connectivity index (χ4v) is 2.83. The van der Waals surface area contributed by atoms with Crippen LogP contribution in [0.3, 0.4) is 0 Å². The fourth-order valence-electron chi connectivity index (χ4n) is 2.73. The molecule has 0 spiro atoms. The van der Waals surface area contributed by atoms with E-state index < -0.39 is 0 Å². The summed E-state index contributed by atoms with van der Waals surface area (Å²) in [4.78, 5) is 26.8. The Kier molecular flexibility index (Phi) is 5.88. The molecule has 138 valence electrons. The number of nitrogens with zero attached hydrogens (tertiary/aromatic N) is 4. The van der Waals surface area contributed by atoms with Crippen molar-refractivity contribution in [2.24, 2.45) is 0 Å². The quantitative estimate of drug-likeness (QED) is 0.798. The van der Waals surface area contributed by atoms with E-state index in [0.29, 0.717) is 29.6 Å². The van der Waals surface area contributed by atoms with Crippen molar-refractivity contribution in [1.29, 1.82) is 0 Å². The van der Waals surface area contributed by atoms with E-state index in [9.17, 15) is 4.79 Å². The lowest BCUT2D eigenvalue weighted by Gasteiger charge is -2.32. The lowest BCUT2D eigenvalue weighted by molar-refractivity contribution is 0.0515. The van der Waals surface area contributed by atoms with E-state index in [1.807, 2.05) is 13.8 Å². The number of ether oxygens (including phenoxy) is 2. The predicted molar refractivity (Wildman–Crippen MR) is 96.6 cm³/mol. The van der Waals surface area contributed by atoms with Crippen molar-refractivity contribution >= 4 is 17.5 Å². The molecule has 0 N–H and O–H groups in total. The summed E-state index contributed by atoms with van der Waals surface area (Å²) < 4.78 is 11.3. The van der Waals surface area contributed by atoms with Gasteiger partial charge in [-0.15, -0.1) is 0 Å². The highest BCUT2D eigenvalue weighted by molar-refractivity contribution is 6.30. The van der Waals surface area contributed by atoms with Gasteiger partial charge in [-0.1, -0.05) is 11.6 Å². The molecule has 0 aromatic carbocycles. The van der Waals surface area contributed by atoms with Crippen LogP contribution < -0.4 is 9.47 Å². The molecule has 2 aromatic rings. The number of aromatic nitrogens is 3. The largest absolute Gasteiger partial charge is 0.475 e. The summed E-state index contributed by atoms with van der Waals surface area (Å²) in [7, 11) is 0. The molecule has 26 heavy (non-hydrogen) atoms. The molecule has 2 aromatic heterocycles. The molecule has 0 bridgehead atoms. The molecule has 1 atom stereocenters. The summed E-state index contributed by atoms with van der Waals surface area (Å²) in [6.07, 6.45) is 6.11. The van der Waals surface area contributed by atoms with Gasteiger partial charge in [0.1, 0.15) is 6.10 Å². The summed E-state index contributed by atoms with van der Waals surface area (Å²) in [6.45, 7) is 5.03. The Morgan fingerprint density at radius 2 is 2.00 bits per heavy atom. The van der Waals surface area contributed by atoms with E-state index in [2.05, 4.69) is 15.0 Å². The van der Waals surface area contributed by atoms with E-state index in [0.717, 1.165) is 12.8 Å². The number of piperidine rings is 1. The van der Waals surface area contributed by atoms with Crippen molar-refractivity contribution in [3.05, 3.63) is 41.3 Å². The van der Waals surface area contributed by atoms with Gasteiger partial charge in [-0.25, -0.2) is 15.0 Å². The predicted octanol–water partition coefficient (Wildman–Crippen LogP) is 3.00. The highest BCUT2D eigenvalue weighted by atomic mass is 35.5. The van der Waals surface area contributed by atoms with Crippen molar-refractivity contribution < 1.29 is 14.3 Å². The molecule has 7 nitrogen and oxygen atoms in total. The number of hydrogen-bond acceptors (Lipinski definition) is 6. The van der Waals surface area contributed by atoms with Crippen LogP contribution in [0.2, 0.25) is 5.02 Å². The van der Waals surface area contributed by atoms with Crippen LogP contribution in [0.1, 0.15) is 37.0 Å². The second-order valence-corrected chi connectivity index (χ2v) is 6.81. The van der Waals surface area contributed by atoms with Gasteiger partial charge >= 0.3 is 6.01 Å². The van der Waals surface area contributed by atoms with E-state index in [-0.39, 0.29) is 24.1 Å². The Morgan fingerprint density at radius 1 is 1.23 bits per heavy atom. The topological polar surface area (TPSA) is 77.4 Å². The van der Waals surface area contributed by atoms with Crippen LogP contribution in [0.5, 0.6) is 11.9 Å². The number of hydrogen-bond donors (Lipinski definition) is 0. The second kappa shape index (κ2) is 8.31. The van der Waals surface area contributed by atoms with Crippen molar-refractivity contribution in [2.45, 2.75) is 38.9 Å². The fraction of sp³-hybridized carbons (Fsp3) is 0.444. The molecule has 3 rings (SSSR count). The van der Waals surface area contributed by atoms with Crippen molar-refractivity contribution in [2.75, 3.05) is 13.1 Å². The van der Waals surface area contributed by atoms with Crippen molar-refractivity contribution in [3.63, 3.8) is 0 Å². The molecule has 0 saturated carbocycles. The summed E-state index contributed by atoms with van der Waals surface area (Å²) in [6, 6.07) is 3.72. The first-order valence-electron chi connectivity index (χ1n) is 8.57. The van der Waals surface area contributed by atoms with Gasteiger partial charge in [-0.05, 0) is 32.8 Å². The summed E-state index contributed by atoms with van der Waals surface area (Å²) in [5, 5.41) is 0.454. The van der Waals surface area contributed by atoms with E-state index in [1.165, 1.54) is 12.4 Å². The molecule has 0 aliphatic carbocycles. The summed E-state index contributed by atoms with van der Waals surface area (Å²) in [5.41, 5.74) is 0.532.